The number of hydrogen-bond acceptors (Lipinski definition) is 3. The van der Waals surface area contributed by atoms with Gasteiger partial charge in [-0.3, -0.25) is 4.79 Å². The highest BCUT2D eigenvalue weighted by atomic mass is 19.4. The highest BCUT2D eigenvalue weighted by Crippen LogP contribution is 2.51. The first kappa shape index (κ1) is 16.1. The smallest absolute Gasteiger partial charge is 0.405 e. The number of carbonyl (C=O) groups is 1. The lowest BCUT2D eigenvalue weighted by Crippen LogP contribution is -2.43. The van der Waals surface area contributed by atoms with Gasteiger partial charge in [-0.05, 0) is 36.8 Å². The van der Waals surface area contributed by atoms with Gasteiger partial charge in [0.15, 0.2) is 0 Å². The van der Waals surface area contributed by atoms with Crippen molar-refractivity contribution in [3.8, 4) is 5.75 Å². The molecule has 0 aromatic heterocycles. The van der Waals surface area contributed by atoms with E-state index in [1.165, 1.54) is 12.1 Å². The molecule has 1 aliphatic carbocycles. The van der Waals surface area contributed by atoms with Crippen LogP contribution in [0.1, 0.15) is 30.7 Å². The van der Waals surface area contributed by atoms with Crippen molar-refractivity contribution in [3.63, 3.8) is 0 Å². The summed E-state index contributed by atoms with van der Waals surface area (Å²) in [5, 5.41) is 0. The van der Waals surface area contributed by atoms with Gasteiger partial charge in [-0.15, -0.1) is 13.2 Å². The van der Waals surface area contributed by atoms with E-state index in [9.17, 15) is 18.0 Å². The lowest BCUT2D eigenvalue weighted by atomic mass is 10.0. The molecular formula is C16H19F3N2O2. The summed E-state index contributed by atoms with van der Waals surface area (Å²) in [5.74, 6) is -0.636. The van der Waals surface area contributed by atoms with Crippen LogP contribution in [0.3, 0.4) is 0 Å². The summed E-state index contributed by atoms with van der Waals surface area (Å²) in [5.41, 5.74) is 6.28. The third kappa shape index (κ3) is 3.77. The molecule has 126 valence electrons. The Morgan fingerprint density at radius 1 is 1.22 bits per heavy atom. The maximum atomic E-state index is 12.5. The molecule has 1 saturated heterocycles. The Labute approximate surface area is 132 Å². The van der Waals surface area contributed by atoms with Crippen molar-refractivity contribution in [2.45, 2.75) is 37.6 Å². The Hall–Kier alpha value is -1.76. The van der Waals surface area contributed by atoms with Crippen molar-refractivity contribution >= 4 is 5.91 Å². The molecule has 2 fully saturated rings. The number of piperidine rings is 1. The number of benzene rings is 1. The number of carbonyl (C=O) groups excluding carboxylic acids is 1. The second-order valence-electron chi connectivity index (χ2n) is 6.20. The fourth-order valence-corrected chi connectivity index (χ4v) is 3.17. The van der Waals surface area contributed by atoms with Crippen molar-refractivity contribution in [3.05, 3.63) is 29.8 Å². The molecule has 1 heterocycles. The number of likely N-dealkylation sites (tertiary alicyclic amines) is 1. The number of rotatable bonds is 3. The van der Waals surface area contributed by atoms with E-state index < -0.39 is 6.36 Å². The van der Waals surface area contributed by atoms with E-state index in [-0.39, 0.29) is 29.5 Å². The minimum Gasteiger partial charge on any atom is -0.405 e. The average Bonchev–Trinajstić information content (AvgIpc) is 3.26. The fraction of sp³-hybridized carbons (Fsp3) is 0.562. The Morgan fingerprint density at radius 2 is 1.87 bits per heavy atom. The van der Waals surface area contributed by atoms with Gasteiger partial charge in [-0.1, -0.05) is 18.2 Å². The zero-order valence-corrected chi connectivity index (χ0v) is 12.6. The number of para-hydroxylation sites is 1. The maximum Gasteiger partial charge on any atom is 0.573 e. The maximum absolute atomic E-state index is 12.5. The molecule has 7 heteroatoms. The molecule has 0 radical (unpaired) electrons. The van der Waals surface area contributed by atoms with Crippen molar-refractivity contribution in [2.24, 2.45) is 11.7 Å². The number of nitrogens with zero attached hydrogens (tertiary/aromatic N) is 1. The van der Waals surface area contributed by atoms with Crippen LogP contribution < -0.4 is 10.5 Å². The number of amides is 1. The van der Waals surface area contributed by atoms with Crippen molar-refractivity contribution in [1.82, 2.24) is 4.90 Å². The molecule has 0 spiro atoms. The number of nitrogens with two attached hydrogens (primary N) is 1. The van der Waals surface area contributed by atoms with Crippen LogP contribution in [0.5, 0.6) is 5.75 Å². The van der Waals surface area contributed by atoms with E-state index in [0.717, 1.165) is 12.8 Å². The van der Waals surface area contributed by atoms with Gasteiger partial charge in [0, 0.05) is 25.0 Å². The van der Waals surface area contributed by atoms with Gasteiger partial charge in [0.25, 0.3) is 0 Å². The number of ether oxygens (including phenoxy) is 1. The molecule has 0 unspecified atom stereocenters. The zero-order valence-electron chi connectivity index (χ0n) is 12.6. The van der Waals surface area contributed by atoms with Crippen LogP contribution in [0, 0.1) is 5.92 Å². The van der Waals surface area contributed by atoms with Crippen LogP contribution in [0.15, 0.2) is 24.3 Å². The van der Waals surface area contributed by atoms with Crippen LogP contribution in [0.2, 0.25) is 0 Å². The Bertz CT molecular complexity index is 583. The predicted octanol–water partition coefficient (Wildman–Crippen LogP) is 2.64. The van der Waals surface area contributed by atoms with Gasteiger partial charge in [-0.25, -0.2) is 0 Å². The third-order valence-corrected chi connectivity index (χ3v) is 4.50. The molecule has 3 rings (SSSR count). The summed E-state index contributed by atoms with van der Waals surface area (Å²) in [7, 11) is 0. The van der Waals surface area contributed by atoms with E-state index in [1.807, 2.05) is 0 Å². The summed E-state index contributed by atoms with van der Waals surface area (Å²) in [6, 6.07) is 6.19. The first-order valence-corrected chi connectivity index (χ1v) is 7.74. The number of hydrogen-bond donors (Lipinski definition) is 1. The SMILES string of the molecule is NC1CCN(C(=O)[C@H]2C[C@H]2c2ccccc2OC(F)(F)F)CC1. The van der Waals surface area contributed by atoms with Gasteiger partial charge < -0.3 is 15.4 Å². The standard InChI is InChI=1S/C16H19F3N2O2/c17-16(18,19)23-14-4-2-1-3-11(14)12-9-13(12)15(22)21-7-5-10(20)6-8-21/h1-4,10,12-13H,5-9,20H2/t12-,13-/m0/s1. The largest absolute Gasteiger partial charge is 0.573 e. The Kier molecular flexibility index (Phi) is 4.23. The molecule has 1 saturated carbocycles. The van der Waals surface area contributed by atoms with Crippen molar-refractivity contribution in [2.75, 3.05) is 13.1 Å². The van der Waals surface area contributed by atoms with Crippen molar-refractivity contribution < 1.29 is 22.7 Å². The number of halogens is 3. The quantitative estimate of drug-likeness (QED) is 0.928. The molecule has 0 bridgehead atoms. The summed E-state index contributed by atoms with van der Waals surface area (Å²) in [4.78, 5) is 14.2. The van der Waals surface area contributed by atoms with E-state index in [0.29, 0.717) is 25.1 Å². The van der Waals surface area contributed by atoms with Crippen LogP contribution >= 0.6 is 0 Å². The molecule has 2 N–H and O–H groups in total. The average molecular weight is 328 g/mol. The summed E-state index contributed by atoms with van der Waals surface area (Å²) in [6.45, 7) is 1.26. The highest BCUT2D eigenvalue weighted by Gasteiger charge is 2.48. The fourth-order valence-electron chi connectivity index (χ4n) is 3.17. The minimum atomic E-state index is -4.73. The molecule has 1 aliphatic heterocycles. The molecular weight excluding hydrogens is 309 g/mol. The van der Waals surface area contributed by atoms with Crippen LogP contribution in [-0.4, -0.2) is 36.3 Å². The molecule has 23 heavy (non-hydrogen) atoms. The van der Waals surface area contributed by atoms with Gasteiger partial charge in [0.1, 0.15) is 5.75 Å². The summed E-state index contributed by atoms with van der Waals surface area (Å²) >= 11 is 0. The van der Waals surface area contributed by atoms with E-state index >= 15 is 0 Å². The molecule has 2 aliphatic rings. The van der Waals surface area contributed by atoms with Gasteiger partial charge in [0.2, 0.25) is 5.91 Å². The topological polar surface area (TPSA) is 55.6 Å². The van der Waals surface area contributed by atoms with Gasteiger partial charge in [-0.2, -0.15) is 0 Å². The van der Waals surface area contributed by atoms with Gasteiger partial charge in [0.05, 0.1) is 0 Å². The Morgan fingerprint density at radius 3 is 2.52 bits per heavy atom. The first-order valence-electron chi connectivity index (χ1n) is 7.74. The lowest BCUT2D eigenvalue weighted by molar-refractivity contribution is -0.274. The van der Waals surface area contributed by atoms with Crippen LogP contribution in [0.4, 0.5) is 13.2 Å². The predicted molar refractivity (Wildman–Crippen MR) is 77.8 cm³/mol. The van der Waals surface area contributed by atoms with E-state index in [1.54, 1.807) is 17.0 Å². The Balaban J connectivity index is 1.67. The molecule has 2 atom stereocenters. The number of alkyl halides is 3. The highest BCUT2D eigenvalue weighted by molar-refractivity contribution is 5.83. The second-order valence-corrected chi connectivity index (χ2v) is 6.20. The molecule has 1 aromatic rings. The first-order chi connectivity index (χ1) is 10.8. The normalized spacial score (nSPS) is 25.3. The van der Waals surface area contributed by atoms with E-state index in [2.05, 4.69) is 4.74 Å². The van der Waals surface area contributed by atoms with Gasteiger partial charge >= 0.3 is 6.36 Å². The molecule has 1 aromatic carbocycles. The molecule has 4 nitrogen and oxygen atoms in total. The van der Waals surface area contributed by atoms with Crippen LogP contribution in [0.25, 0.3) is 0 Å². The minimum absolute atomic E-state index is 0.0173. The lowest BCUT2D eigenvalue weighted by Gasteiger charge is -2.30. The van der Waals surface area contributed by atoms with E-state index in [4.69, 9.17) is 5.73 Å². The second kappa shape index (κ2) is 6.03. The monoisotopic (exact) mass is 328 g/mol. The summed E-state index contributed by atoms with van der Waals surface area (Å²) < 4.78 is 41.5. The molecule has 1 amide bonds. The van der Waals surface area contributed by atoms with Crippen LogP contribution in [-0.2, 0) is 4.79 Å². The summed E-state index contributed by atoms with van der Waals surface area (Å²) in [6.07, 6.45) is -2.61. The third-order valence-electron chi connectivity index (χ3n) is 4.50. The van der Waals surface area contributed by atoms with Crippen molar-refractivity contribution in [1.29, 1.82) is 0 Å². The zero-order chi connectivity index (χ0) is 16.6.